The number of carbonyl (C=O) groups excluding carboxylic acids is 2. The molecule has 6 nitrogen and oxygen atoms in total. The largest absolute Gasteiger partial charge is 0.468 e. The van der Waals surface area contributed by atoms with Crippen molar-refractivity contribution in [2.24, 2.45) is 0 Å². The molecule has 1 saturated heterocycles. The second-order valence-electron chi connectivity index (χ2n) is 6.89. The van der Waals surface area contributed by atoms with Gasteiger partial charge in [0.15, 0.2) is 0 Å². The topological polar surface area (TPSA) is 76.7 Å². The maximum atomic E-state index is 12.2. The van der Waals surface area contributed by atoms with Crippen LogP contribution in [0.3, 0.4) is 0 Å². The Morgan fingerprint density at radius 1 is 1.07 bits per heavy atom. The van der Waals surface area contributed by atoms with E-state index in [4.69, 9.17) is 9.47 Å². The van der Waals surface area contributed by atoms with E-state index in [0.29, 0.717) is 13.0 Å². The first-order chi connectivity index (χ1) is 13.2. The van der Waals surface area contributed by atoms with E-state index in [1.54, 1.807) is 0 Å². The van der Waals surface area contributed by atoms with Crippen LogP contribution in [0.2, 0.25) is 0 Å². The van der Waals surface area contributed by atoms with Crippen LogP contribution < -0.4 is 10.6 Å². The summed E-state index contributed by atoms with van der Waals surface area (Å²) < 4.78 is 10.3. The first kappa shape index (κ1) is 17.5. The van der Waals surface area contributed by atoms with Crippen LogP contribution in [0.5, 0.6) is 0 Å². The SMILES string of the molecule is COC(=O)C1CC(NC(=O)OCC2c3ccccc3-c3ccccc32)CN1. The van der Waals surface area contributed by atoms with Gasteiger partial charge in [0, 0.05) is 18.5 Å². The van der Waals surface area contributed by atoms with E-state index in [9.17, 15) is 9.59 Å². The van der Waals surface area contributed by atoms with Gasteiger partial charge < -0.3 is 20.1 Å². The summed E-state index contributed by atoms with van der Waals surface area (Å²) in [5.74, 6) is -0.278. The molecule has 140 valence electrons. The molecule has 1 amide bonds. The molecule has 6 heteroatoms. The van der Waals surface area contributed by atoms with Crippen molar-refractivity contribution in [1.29, 1.82) is 0 Å². The Hall–Kier alpha value is -2.86. The van der Waals surface area contributed by atoms with Gasteiger partial charge in [0.05, 0.1) is 7.11 Å². The van der Waals surface area contributed by atoms with Crippen molar-refractivity contribution in [2.45, 2.75) is 24.4 Å². The van der Waals surface area contributed by atoms with Crippen molar-refractivity contribution in [3.05, 3.63) is 59.7 Å². The van der Waals surface area contributed by atoms with E-state index < -0.39 is 6.09 Å². The van der Waals surface area contributed by atoms with Crippen LogP contribution in [0.25, 0.3) is 11.1 Å². The molecule has 2 aromatic rings. The molecule has 4 rings (SSSR count). The zero-order valence-electron chi connectivity index (χ0n) is 15.1. The average Bonchev–Trinajstić information content (AvgIpc) is 3.28. The second-order valence-corrected chi connectivity index (χ2v) is 6.89. The molecule has 2 unspecified atom stereocenters. The Bertz CT molecular complexity index is 821. The monoisotopic (exact) mass is 366 g/mol. The molecular formula is C21H22N2O4. The number of methoxy groups -OCH3 is 1. The van der Waals surface area contributed by atoms with Crippen molar-refractivity contribution in [2.75, 3.05) is 20.3 Å². The number of hydrogen-bond acceptors (Lipinski definition) is 5. The molecule has 0 aromatic heterocycles. The summed E-state index contributed by atoms with van der Waals surface area (Å²) in [4.78, 5) is 23.8. The van der Waals surface area contributed by atoms with Crippen LogP contribution in [-0.4, -0.2) is 44.4 Å². The zero-order chi connectivity index (χ0) is 18.8. The fraction of sp³-hybridized carbons (Fsp3) is 0.333. The predicted octanol–water partition coefficient (Wildman–Crippen LogP) is 2.43. The summed E-state index contributed by atoms with van der Waals surface area (Å²) in [5.41, 5.74) is 4.76. The van der Waals surface area contributed by atoms with E-state index in [1.807, 2.05) is 24.3 Å². The summed E-state index contributed by atoms with van der Waals surface area (Å²) in [6.07, 6.45) is 0.0332. The molecular weight excluding hydrogens is 344 g/mol. The lowest BCUT2D eigenvalue weighted by atomic mass is 9.98. The summed E-state index contributed by atoms with van der Waals surface area (Å²) in [5, 5.41) is 5.87. The van der Waals surface area contributed by atoms with Gasteiger partial charge >= 0.3 is 12.1 Å². The Morgan fingerprint density at radius 3 is 2.33 bits per heavy atom. The van der Waals surface area contributed by atoms with Gasteiger partial charge in [-0.1, -0.05) is 48.5 Å². The highest BCUT2D eigenvalue weighted by Gasteiger charge is 2.32. The number of nitrogens with one attached hydrogen (secondary N) is 2. The molecule has 1 aliphatic heterocycles. The number of esters is 1. The quantitative estimate of drug-likeness (QED) is 0.813. The normalized spacial score (nSPS) is 20.6. The number of amides is 1. The second kappa shape index (κ2) is 7.40. The Balaban J connectivity index is 1.38. The molecule has 1 fully saturated rings. The Morgan fingerprint density at radius 2 is 1.70 bits per heavy atom. The van der Waals surface area contributed by atoms with Crippen molar-refractivity contribution >= 4 is 12.1 Å². The number of fused-ring (bicyclic) bond motifs is 3. The van der Waals surface area contributed by atoms with Crippen molar-refractivity contribution < 1.29 is 19.1 Å². The highest BCUT2D eigenvalue weighted by atomic mass is 16.5. The van der Waals surface area contributed by atoms with E-state index in [0.717, 1.165) is 0 Å². The first-order valence-electron chi connectivity index (χ1n) is 9.10. The van der Waals surface area contributed by atoms with Crippen LogP contribution >= 0.6 is 0 Å². The zero-order valence-corrected chi connectivity index (χ0v) is 15.1. The number of rotatable bonds is 4. The van der Waals surface area contributed by atoms with Crippen LogP contribution in [0, 0.1) is 0 Å². The predicted molar refractivity (Wildman–Crippen MR) is 100 cm³/mol. The van der Waals surface area contributed by atoms with Gasteiger partial charge in [-0.2, -0.15) is 0 Å². The van der Waals surface area contributed by atoms with E-state index in [1.165, 1.54) is 29.4 Å². The minimum absolute atomic E-state index is 0.0349. The van der Waals surface area contributed by atoms with Crippen molar-refractivity contribution in [1.82, 2.24) is 10.6 Å². The highest BCUT2D eigenvalue weighted by molar-refractivity contribution is 5.79. The summed E-state index contributed by atoms with van der Waals surface area (Å²) >= 11 is 0. The number of ether oxygens (including phenoxy) is 2. The molecule has 0 radical (unpaired) electrons. The maximum absolute atomic E-state index is 12.2. The van der Waals surface area contributed by atoms with Gasteiger partial charge in [0.1, 0.15) is 12.6 Å². The summed E-state index contributed by atoms with van der Waals surface area (Å²) in [6.45, 7) is 0.796. The molecule has 1 heterocycles. The Labute approximate surface area is 157 Å². The lowest BCUT2D eigenvalue weighted by Gasteiger charge is -2.16. The minimum atomic E-state index is -0.464. The standard InChI is InChI=1S/C21H22N2O4/c1-26-20(24)19-10-13(11-22-19)23-21(25)27-12-18-16-8-4-2-6-14(16)15-7-3-5-9-17(15)18/h2-9,13,18-19,22H,10-12H2,1H3,(H,23,25). The molecule has 2 N–H and O–H groups in total. The number of alkyl carbamates (subject to hydrolysis) is 1. The summed E-state index contributed by atoms with van der Waals surface area (Å²) in [6, 6.07) is 15.9. The number of hydrogen-bond donors (Lipinski definition) is 2. The maximum Gasteiger partial charge on any atom is 0.407 e. The van der Waals surface area contributed by atoms with Crippen LogP contribution in [0.1, 0.15) is 23.5 Å². The smallest absolute Gasteiger partial charge is 0.407 e. The third-order valence-corrected chi connectivity index (χ3v) is 5.28. The molecule has 2 atom stereocenters. The fourth-order valence-corrected chi connectivity index (χ4v) is 3.97. The molecule has 0 bridgehead atoms. The van der Waals surface area contributed by atoms with Crippen molar-refractivity contribution in [3.63, 3.8) is 0 Å². The molecule has 2 aliphatic rings. The summed E-state index contributed by atoms with van der Waals surface area (Å²) in [7, 11) is 1.36. The minimum Gasteiger partial charge on any atom is -0.468 e. The Kier molecular flexibility index (Phi) is 4.81. The van der Waals surface area contributed by atoms with Gasteiger partial charge in [0.25, 0.3) is 0 Å². The third-order valence-electron chi connectivity index (χ3n) is 5.28. The first-order valence-corrected chi connectivity index (χ1v) is 9.10. The average molecular weight is 366 g/mol. The van der Waals surface area contributed by atoms with Crippen molar-refractivity contribution in [3.8, 4) is 11.1 Å². The third kappa shape index (κ3) is 3.40. The molecule has 0 spiro atoms. The molecule has 0 saturated carbocycles. The lowest BCUT2D eigenvalue weighted by molar-refractivity contribution is -0.142. The fourth-order valence-electron chi connectivity index (χ4n) is 3.97. The van der Waals surface area contributed by atoms with Gasteiger partial charge in [-0.3, -0.25) is 4.79 Å². The van der Waals surface area contributed by atoms with Gasteiger partial charge in [0.2, 0.25) is 0 Å². The lowest BCUT2D eigenvalue weighted by Crippen LogP contribution is -2.37. The van der Waals surface area contributed by atoms with Crippen LogP contribution in [0.15, 0.2) is 48.5 Å². The van der Waals surface area contributed by atoms with Gasteiger partial charge in [-0.05, 0) is 28.7 Å². The number of benzene rings is 2. The van der Waals surface area contributed by atoms with E-state index in [-0.39, 0.29) is 30.6 Å². The number of carbonyl (C=O) groups is 2. The van der Waals surface area contributed by atoms with Crippen LogP contribution in [0.4, 0.5) is 4.79 Å². The highest BCUT2D eigenvalue weighted by Crippen LogP contribution is 2.44. The van der Waals surface area contributed by atoms with Gasteiger partial charge in [-0.25, -0.2) is 4.79 Å². The van der Waals surface area contributed by atoms with E-state index in [2.05, 4.69) is 34.9 Å². The van der Waals surface area contributed by atoms with E-state index >= 15 is 0 Å². The molecule has 2 aromatic carbocycles. The van der Waals surface area contributed by atoms with Gasteiger partial charge in [-0.15, -0.1) is 0 Å². The molecule has 27 heavy (non-hydrogen) atoms. The molecule has 1 aliphatic carbocycles. The van der Waals surface area contributed by atoms with Crippen LogP contribution in [-0.2, 0) is 14.3 Å².